The van der Waals surface area contributed by atoms with Gasteiger partial charge in [0.25, 0.3) is 0 Å². The molecule has 1 aromatic carbocycles. The SMILES string of the molecule is c1csc(CN2CC[C@@H](Nc3cccc4cnccc34)C2)c1. The van der Waals surface area contributed by atoms with Gasteiger partial charge < -0.3 is 5.32 Å². The van der Waals surface area contributed by atoms with Gasteiger partial charge in [-0.25, -0.2) is 0 Å². The van der Waals surface area contributed by atoms with Gasteiger partial charge in [0.15, 0.2) is 0 Å². The number of aromatic nitrogens is 1. The van der Waals surface area contributed by atoms with Gasteiger partial charge in [0.05, 0.1) is 0 Å². The van der Waals surface area contributed by atoms with Gasteiger partial charge in [-0.1, -0.05) is 18.2 Å². The second-order valence-corrected chi connectivity index (χ2v) is 6.88. The highest BCUT2D eigenvalue weighted by atomic mass is 32.1. The molecule has 3 heterocycles. The number of pyridine rings is 1. The Kier molecular flexibility index (Phi) is 3.79. The molecule has 4 heteroatoms. The van der Waals surface area contributed by atoms with Crippen molar-refractivity contribution in [1.82, 2.24) is 9.88 Å². The van der Waals surface area contributed by atoms with Gasteiger partial charge in [-0.05, 0) is 30.0 Å². The Morgan fingerprint density at radius 2 is 2.23 bits per heavy atom. The lowest BCUT2D eigenvalue weighted by Crippen LogP contribution is -2.25. The lowest BCUT2D eigenvalue weighted by molar-refractivity contribution is 0.331. The number of fused-ring (bicyclic) bond motifs is 1. The summed E-state index contributed by atoms with van der Waals surface area (Å²) in [4.78, 5) is 8.20. The Morgan fingerprint density at radius 3 is 3.14 bits per heavy atom. The fraction of sp³-hybridized carbons (Fsp3) is 0.278. The molecule has 112 valence electrons. The monoisotopic (exact) mass is 309 g/mol. The van der Waals surface area contributed by atoms with Crippen LogP contribution in [0.5, 0.6) is 0 Å². The first kappa shape index (κ1) is 13.7. The molecule has 0 bridgehead atoms. The van der Waals surface area contributed by atoms with E-state index in [9.17, 15) is 0 Å². The highest BCUT2D eigenvalue weighted by Gasteiger charge is 2.22. The predicted molar refractivity (Wildman–Crippen MR) is 93.4 cm³/mol. The summed E-state index contributed by atoms with van der Waals surface area (Å²) in [7, 11) is 0. The van der Waals surface area contributed by atoms with E-state index >= 15 is 0 Å². The number of benzene rings is 1. The summed E-state index contributed by atoms with van der Waals surface area (Å²) >= 11 is 1.85. The minimum Gasteiger partial charge on any atom is -0.380 e. The predicted octanol–water partition coefficient (Wildman–Crippen LogP) is 3.98. The van der Waals surface area contributed by atoms with Crippen molar-refractivity contribution >= 4 is 27.8 Å². The molecule has 3 aromatic rings. The van der Waals surface area contributed by atoms with Gasteiger partial charge in [0.2, 0.25) is 0 Å². The molecule has 1 aliphatic rings. The third-order valence-corrected chi connectivity index (χ3v) is 5.13. The normalized spacial score (nSPS) is 18.8. The maximum absolute atomic E-state index is 4.20. The van der Waals surface area contributed by atoms with Gasteiger partial charge >= 0.3 is 0 Å². The number of nitrogens with zero attached hydrogens (tertiary/aromatic N) is 2. The summed E-state index contributed by atoms with van der Waals surface area (Å²) in [6.45, 7) is 3.36. The lowest BCUT2D eigenvalue weighted by Gasteiger charge is -2.17. The molecule has 0 aliphatic carbocycles. The van der Waals surface area contributed by atoms with Crippen molar-refractivity contribution in [2.45, 2.75) is 19.0 Å². The van der Waals surface area contributed by atoms with E-state index in [0.29, 0.717) is 6.04 Å². The molecule has 0 unspecified atom stereocenters. The fourth-order valence-electron chi connectivity index (χ4n) is 3.19. The largest absolute Gasteiger partial charge is 0.380 e. The van der Waals surface area contributed by atoms with Crippen LogP contribution in [-0.4, -0.2) is 29.0 Å². The van der Waals surface area contributed by atoms with Crippen molar-refractivity contribution in [3.63, 3.8) is 0 Å². The lowest BCUT2D eigenvalue weighted by atomic mass is 10.1. The van der Waals surface area contributed by atoms with Crippen LogP contribution in [0.15, 0.2) is 54.2 Å². The van der Waals surface area contributed by atoms with Crippen molar-refractivity contribution < 1.29 is 0 Å². The van der Waals surface area contributed by atoms with Crippen LogP contribution >= 0.6 is 11.3 Å². The van der Waals surface area contributed by atoms with Crippen LogP contribution in [0.1, 0.15) is 11.3 Å². The van der Waals surface area contributed by atoms with Gasteiger partial charge in [-0.2, -0.15) is 0 Å². The maximum Gasteiger partial charge on any atom is 0.0423 e. The Bertz CT molecular complexity index is 749. The van der Waals surface area contributed by atoms with Gasteiger partial charge in [0.1, 0.15) is 0 Å². The van der Waals surface area contributed by atoms with Gasteiger partial charge in [-0.15, -0.1) is 11.3 Å². The summed E-state index contributed by atoms with van der Waals surface area (Å²) in [6.07, 6.45) is 5.00. The van der Waals surface area contributed by atoms with E-state index in [1.807, 2.05) is 23.7 Å². The summed E-state index contributed by atoms with van der Waals surface area (Å²) in [6, 6.07) is 13.4. The average Bonchev–Trinajstić information content (AvgIpc) is 3.20. The fourth-order valence-corrected chi connectivity index (χ4v) is 3.93. The number of likely N-dealkylation sites (tertiary alicyclic amines) is 1. The van der Waals surface area contributed by atoms with Crippen molar-refractivity contribution in [3.8, 4) is 0 Å². The molecule has 1 saturated heterocycles. The van der Waals surface area contributed by atoms with Gasteiger partial charge in [-0.3, -0.25) is 9.88 Å². The number of hydrogen-bond acceptors (Lipinski definition) is 4. The molecule has 4 rings (SSSR count). The standard InChI is InChI=1S/C18H19N3S/c1-3-14-11-19-8-6-17(14)18(5-1)20-15-7-9-21(12-15)13-16-4-2-10-22-16/h1-6,8,10-11,15,20H,7,9,12-13H2/t15-/m1/s1. The second-order valence-electron chi connectivity index (χ2n) is 5.85. The molecule has 1 atom stereocenters. The number of thiophene rings is 1. The molecule has 3 nitrogen and oxygen atoms in total. The molecule has 0 spiro atoms. The number of anilines is 1. The molecule has 1 fully saturated rings. The molecule has 1 aliphatic heterocycles. The minimum atomic E-state index is 0.527. The van der Waals surface area contributed by atoms with Crippen LogP contribution in [0.4, 0.5) is 5.69 Å². The summed E-state index contributed by atoms with van der Waals surface area (Å²) in [5.74, 6) is 0. The van der Waals surface area contributed by atoms with E-state index in [0.717, 1.165) is 13.1 Å². The van der Waals surface area contributed by atoms with Crippen molar-refractivity contribution in [1.29, 1.82) is 0 Å². The molecule has 0 amide bonds. The van der Waals surface area contributed by atoms with Crippen molar-refractivity contribution in [2.75, 3.05) is 18.4 Å². The van der Waals surface area contributed by atoms with E-state index in [1.54, 1.807) is 0 Å². The minimum absolute atomic E-state index is 0.527. The smallest absolute Gasteiger partial charge is 0.0423 e. The van der Waals surface area contributed by atoms with Crippen LogP contribution < -0.4 is 5.32 Å². The first-order valence-corrected chi connectivity index (χ1v) is 8.60. The molecular weight excluding hydrogens is 290 g/mol. The van der Waals surface area contributed by atoms with Crippen molar-refractivity contribution in [2.24, 2.45) is 0 Å². The zero-order valence-electron chi connectivity index (χ0n) is 12.4. The molecule has 2 aromatic heterocycles. The van der Waals surface area contributed by atoms with Crippen LogP contribution in [-0.2, 0) is 6.54 Å². The van der Waals surface area contributed by atoms with Crippen LogP contribution in [0, 0.1) is 0 Å². The van der Waals surface area contributed by atoms with Crippen molar-refractivity contribution in [3.05, 3.63) is 59.0 Å². The van der Waals surface area contributed by atoms with E-state index in [1.165, 1.54) is 34.3 Å². The van der Waals surface area contributed by atoms with Crippen LogP contribution in [0.3, 0.4) is 0 Å². The zero-order chi connectivity index (χ0) is 14.8. The Labute approximate surface area is 134 Å². The second kappa shape index (κ2) is 6.07. The van der Waals surface area contributed by atoms with E-state index in [4.69, 9.17) is 0 Å². The Morgan fingerprint density at radius 1 is 1.23 bits per heavy atom. The topological polar surface area (TPSA) is 28.2 Å². The maximum atomic E-state index is 4.20. The number of rotatable bonds is 4. The highest BCUT2D eigenvalue weighted by molar-refractivity contribution is 7.09. The van der Waals surface area contributed by atoms with Crippen LogP contribution in [0.25, 0.3) is 10.8 Å². The first-order chi connectivity index (χ1) is 10.9. The number of hydrogen-bond donors (Lipinski definition) is 1. The molecule has 0 saturated carbocycles. The summed E-state index contributed by atoms with van der Waals surface area (Å²) in [5.41, 5.74) is 1.22. The number of nitrogens with one attached hydrogen (secondary N) is 1. The summed E-state index contributed by atoms with van der Waals surface area (Å²) in [5, 5.41) is 8.34. The van der Waals surface area contributed by atoms with E-state index in [2.05, 4.69) is 57.0 Å². The highest BCUT2D eigenvalue weighted by Crippen LogP contribution is 2.25. The molecule has 22 heavy (non-hydrogen) atoms. The molecule has 1 N–H and O–H groups in total. The van der Waals surface area contributed by atoms with E-state index in [-0.39, 0.29) is 0 Å². The Hall–Kier alpha value is -1.91. The quantitative estimate of drug-likeness (QED) is 0.790. The first-order valence-electron chi connectivity index (χ1n) is 7.72. The molecule has 0 radical (unpaired) electrons. The third-order valence-electron chi connectivity index (χ3n) is 4.27. The summed E-state index contributed by atoms with van der Waals surface area (Å²) < 4.78 is 0. The van der Waals surface area contributed by atoms with Crippen LogP contribution in [0.2, 0.25) is 0 Å². The Balaban J connectivity index is 1.45. The zero-order valence-corrected chi connectivity index (χ0v) is 13.2. The molecular formula is C18H19N3S. The third kappa shape index (κ3) is 2.85. The average molecular weight is 309 g/mol. The van der Waals surface area contributed by atoms with E-state index < -0.39 is 0 Å². The van der Waals surface area contributed by atoms with Gasteiger partial charge in [0, 0.05) is 59.4 Å².